The number of imidazole rings is 1. The molecule has 0 saturated heterocycles. The fraction of sp³-hybridized carbons (Fsp3) is 0.318. The molecule has 150 valence electrons. The summed E-state index contributed by atoms with van der Waals surface area (Å²) in [6, 6.07) is 11.0. The summed E-state index contributed by atoms with van der Waals surface area (Å²) in [5.74, 6) is 0.355. The molecule has 29 heavy (non-hydrogen) atoms. The molecule has 7 nitrogen and oxygen atoms in total. The van der Waals surface area contributed by atoms with Gasteiger partial charge in [-0.05, 0) is 52.0 Å². The van der Waals surface area contributed by atoms with Gasteiger partial charge >= 0.3 is 0 Å². The van der Waals surface area contributed by atoms with E-state index in [-0.39, 0.29) is 18.4 Å². The molecule has 2 aromatic heterocycles. The van der Waals surface area contributed by atoms with Gasteiger partial charge in [0.2, 0.25) is 5.91 Å². The predicted molar refractivity (Wildman–Crippen MR) is 112 cm³/mol. The number of fused-ring (bicyclic) bond motifs is 2. The summed E-state index contributed by atoms with van der Waals surface area (Å²) in [6.45, 7) is 8.33. The van der Waals surface area contributed by atoms with Crippen molar-refractivity contribution in [2.75, 3.05) is 23.4 Å². The average molecular weight is 392 g/mol. The maximum absolute atomic E-state index is 12.9. The number of amides is 2. The van der Waals surface area contributed by atoms with Crippen LogP contribution in [-0.2, 0) is 4.79 Å². The van der Waals surface area contributed by atoms with Crippen molar-refractivity contribution in [2.45, 2.75) is 27.7 Å². The largest absolute Gasteiger partial charge is 0.490 e. The molecule has 1 aromatic carbocycles. The van der Waals surface area contributed by atoms with E-state index in [1.54, 1.807) is 21.4 Å². The zero-order valence-corrected chi connectivity index (χ0v) is 17.0. The molecule has 1 N–H and O–H groups in total. The van der Waals surface area contributed by atoms with Crippen LogP contribution < -0.4 is 15.0 Å². The highest BCUT2D eigenvalue weighted by atomic mass is 16.5. The number of hydrogen-bond donors (Lipinski definition) is 1. The normalized spacial score (nSPS) is 15.6. The average Bonchev–Trinajstić information content (AvgIpc) is 2.99. The molecule has 0 fully saturated rings. The number of pyridine rings is 1. The van der Waals surface area contributed by atoms with E-state index in [0.29, 0.717) is 35.1 Å². The van der Waals surface area contributed by atoms with Gasteiger partial charge in [-0.3, -0.25) is 14.0 Å². The van der Waals surface area contributed by atoms with E-state index in [1.807, 2.05) is 58.2 Å². The SMILES string of the molecule is CCN1C(=O)C(C)(C)COc2cc(NC(=O)c3c(C)nc4ccccn34)ccc21. The van der Waals surface area contributed by atoms with Crippen LogP contribution in [-0.4, -0.2) is 34.4 Å². The fourth-order valence-corrected chi connectivity index (χ4v) is 3.62. The monoisotopic (exact) mass is 392 g/mol. The molecule has 1 aliphatic heterocycles. The number of carbonyl (C=O) groups is 2. The molecule has 0 spiro atoms. The van der Waals surface area contributed by atoms with E-state index < -0.39 is 5.41 Å². The van der Waals surface area contributed by atoms with E-state index in [2.05, 4.69) is 10.3 Å². The van der Waals surface area contributed by atoms with Gasteiger partial charge in [-0.25, -0.2) is 4.98 Å². The Morgan fingerprint density at radius 3 is 2.83 bits per heavy atom. The minimum Gasteiger partial charge on any atom is -0.490 e. The zero-order chi connectivity index (χ0) is 20.8. The minimum atomic E-state index is -0.619. The van der Waals surface area contributed by atoms with Crippen molar-refractivity contribution < 1.29 is 14.3 Å². The van der Waals surface area contributed by atoms with Crippen molar-refractivity contribution in [1.82, 2.24) is 9.38 Å². The van der Waals surface area contributed by atoms with Crippen LogP contribution in [0.15, 0.2) is 42.6 Å². The van der Waals surface area contributed by atoms with Gasteiger partial charge in [0, 0.05) is 24.5 Å². The number of ether oxygens (including phenoxy) is 1. The number of hydrogen-bond acceptors (Lipinski definition) is 4. The Balaban J connectivity index is 1.66. The van der Waals surface area contributed by atoms with Crippen molar-refractivity contribution in [3.63, 3.8) is 0 Å². The molecule has 0 atom stereocenters. The quantitative estimate of drug-likeness (QED) is 0.738. The Bertz CT molecular complexity index is 1120. The van der Waals surface area contributed by atoms with Crippen LogP contribution in [0, 0.1) is 12.3 Å². The molecule has 0 saturated carbocycles. The molecule has 2 amide bonds. The van der Waals surface area contributed by atoms with Crippen LogP contribution in [0.4, 0.5) is 11.4 Å². The van der Waals surface area contributed by atoms with Crippen LogP contribution in [0.3, 0.4) is 0 Å². The van der Waals surface area contributed by atoms with Gasteiger partial charge < -0.3 is 15.0 Å². The van der Waals surface area contributed by atoms with Crippen LogP contribution in [0.1, 0.15) is 37.0 Å². The molecule has 3 aromatic rings. The van der Waals surface area contributed by atoms with Crippen LogP contribution in [0.5, 0.6) is 5.75 Å². The second kappa shape index (κ2) is 6.92. The second-order valence-corrected chi connectivity index (χ2v) is 7.83. The van der Waals surface area contributed by atoms with E-state index in [0.717, 1.165) is 5.65 Å². The van der Waals surface area contributed by atoms with Crippen molar-refractivity contribution in [2.24, 2.45) is 5.41 Å². The third-order valence-corrected chi connectivity index (χ3v) is 5.16. The van der Waals surface area contributed by atoms with E-state index in [1.165, 1.54) is 0 Å². The Morgan fingerprint density at radius 1 is 1.28 bits per heavy atom. The number of aromatic nitrogens is 2. The Labute approximate surface area is 169 Å². The summed E-state index contributed by atoms with van der Waals surface area (Å²) in [5, 5.41) is 2.93. The Kier molecular flexibility index (Phi) is 4.53. The molecule has 0 unspecified atom stereocenters. The number of rotatable bonds is 3. The van der Waals surface area contributed by atoms with Crippen LogP contribution >= 0.6 is 0 Å². The second-order valence-electron chi connectivity index (χ2n) is 7.83. The van der Waals surface area contributed by atoms with Gasteiger partial charge in [0.15, 0.2) is 0 Å². The number of nitrogens with zero attached hydrogens (tertiary/aromatic N) is 3. The maximum Gasteiger partial charge on any atom is 0.274 e. The van der Waals surface area contributed by atoms with E-state index in [9.17, 15) is 9.59 Å². The molecule has 0 aliphatic carbocycles. The fourth-order valence-electron chi connectivity index (χ4n) is 3.62. The van der Waals surface area contributed by atoms with Crippen molar-refractivity contribution >= 4 is 28.8 Å². The third-order valence-electron chi connectivity index (χ3n) is 5.16. The molecular weight excluding hydrogens is 368 g/mol. The first-order valence-electron chi connectivity index (χ1n) is 9.65. The van der Waals surface area contributed by atoms with Gasteiger partial charge in [0.25, 0.3) is 5.91 Å². The number of carbonyl (C=O) groups excluding carboxylic acids is 2. The lowest BCUT2D eigenvalue weighted by molar-refractivity contribution is -0.127. The van der Waals surface area contributed by atoms with Gasteiger partial charge in [0.05, 0.1) is 16.8 Å². The number of benzene rings is 1. The summed E-state index contributed by atoms with van der Waals surface area (Å²) in [4.78, 5) is 31.9. The van der Waals surface area contributed by atoms with Crippen LogP contribution in [0.25, 0.3) is 5.65 Å². The number of anilines is 2. The van der Waals surface area contributed by atoms with E-state index >= 15 is 0 Å². The van der Waals surface area contributed by atoms with Crippen molar-refractivity contribution in [3.8, 4) is 5.75 Å². The Morgan fingerprint density at radius 2 is 2.07 bits per heavy atom. The predicted octanol–water partition coefficient (Wildman–Crippen LogP) is 3.67. The highest BCUT2D eigenvalue weighted by Gasteiger charge is 2.37. The first-order chi connectivity index (χ1) is 13.8. The molecular formula is C22H24N4O3. The molecule has 0 bridgehead atoms. The van der Waals surface area contributed by atoms with Crippen molar-refractivity contribution in [3.05, 3.63) is 54.0 Å². The summed E-state index contributed by atoms with van der Waals surface area (Å²) in [5.41, 5.74) is 2.56. The van der Waals surface area contributed by atoms with Crippen molar-refractivity contribution in [1.29, 1.82) is 0 Å². The first-order valence-corrected chi connectivity index (χ1v) is 9.65. The first kappa shape index (κ1) is 19.0. The highest BCUT2D eigenvalue weighted by Crippen LogP contribution is 2.38. The number of aryl methyl sites for hydroxylation is 1. The lowest BCUT2D eigenvalue weighted by Gasteiger charge is -2.26. The summed E-state index contributed by atoms with van der Waals surface area (Å²) >= 11 is 0. The molecule has 1 aliphatic rings. The lowest BCUT2D eigenvalue weighted by Crippen LogP contribution is -2.42. The maximum atomic E-state index is 12.9. The van der Waals surface area contributed by atoms with Gasteiger partial charge in [-0.1, -0.05) is 6.07 Å². The molecule has 0 radical (unpaired) electrons. The summed E-state index contributed by atoms with van der Waals surface area (Å²) in [7, 11) is 0. The zero-order valence-electron chi connectivity index (χ0n) is 17.0. The number of nitrogens with one attached hydrogen (secondary N) is 1. The van der Waals surface area contributed by atoms with Gasteiger partial charge in [0.1, 0.15) is 23.7 Å². The Hall–Kier alpha value is -3.35. The topological polar surface area (TPSA) is 75.9 Å². The molecule has 4 rings (SSSR count). The highest BCUT2D eigenvalue weighted by molar-refractivity contribution is 6.05. The van der Waals surface area contributed by atoms with Crippen LogP contribution in [0.2, 0.25) is 0 Å². The van der Waals surface area contributed by atoms with Gasteiger partial charge in [-0.2, -0.15) is 0 Å². The molecule has 3 heterocycles. The summed E-state index contributed by atoms with van der Waals surface area (Å²) < 4.78 is 7.71. The smallest absolute Gasteiger partial charge is 0.274 e. The summed E-state index contributed by atoms with van der Waals surface area (Å²) in [6.07, 6.45) is 1.82. The van der Waals surface area contributed by atoms with Gasteiger partial charge in [-0.15, -0.1) is 0 Å². The third kappa shape index (κ3) is 3.22. The van der Waals surface area contributed by atoms with E-state index in [4.69, 9.17) is 4.74 Å². The lowest BCUT2D eigenvalue weighted by atomic mass is 9.93. The standard InChI is InChI=1S/C22H24N4O3/c1-5-25-16-10-9-15(12-17(16)29-13-22(3,4)21(25)28)24-20(27)19-14(2)23-18-8-6-7-11-26(18)19/h6-12H,5,13H2,1-4H3,(H,24,27). The minimum absolute atomic E-state index is 0.0249. The molecule has 7 heteroatoms.